The molecule has 2 fully saturated rings. The second-order valence-corrected chi connectivity index (χ2v) is 18.2. The third-order valence-electron chi connectivity index (χ3n) is 12.6. The van der Waals surface area contributed by atoms with Crippen molar-refractivity contribution in [2.45, 2.75) is 187 Å². The van der Waals surface area contributed by atoms with Crippen LogP contribution in [0, 0.1) is 17.8 Å². The molecule has 3 heterocycles. The number of likely N-dealkylation sites (N-methyl/N-ethyl adjacent to an activating group) is 1. The fraction of sp³-hybridized carbons (Fsp3) is 0.841. The van der Waals surface area contributed by atoms with E-state index in [1.54, 1.807) is 48.5 Å². The van der Waals surface area contributed by atoms with Crippen LogP contribution < -0.4 is 0 Å². The molecule has 3 aliphatic rings. The van der Waals surface area contributed by atoms with E-state index in [9.17, 15) is 24.0 Å². The zero-order valence-corrected chi connectivity index (χ0v) is 39.8. The van der Waals surface area contributed by atoms with Crippen LogP contribution in [0.25, 0.3) is 0 Å². The van der Waals surface area contributed by atoms with Crippen LogP contribution in [0.3, 0.4) is 0 Å². The first-order chi connectivity index (χ1) is 28.3. The molecule has 0 aromatic rings. The molecule has 16 atom stereocenters. The van der Waals surface area contributed by atoms with E-state index in [4.69, 9.17) is 59.0 Å². The highest BCUT2D eigenvalue weighted by Crippen LogP contribution is 2.42. The molecule has 0 aliphatic carbocycles. The third-order valence-corrected chi connectivity index (χ3v) is 12.8. The normalized spacial score (nSPS) is 41.5. The minimum atomic E-state index is -1.59. The lowest BCUT2D eigenvalue weighted by molar-refractivity contribution is -0.320. The molecule has 0 radical (unpaired) electrons. The summed E-state index contributed by atoms with van der Waals surface area (Å²) in [6, 6.07) is -0.295. The third kappa shape index (κ3) is 12.7. The predicted molar refractivity (Wildman–Crippen MR) is 223 cm³/mol. The van der Waals surface area contributed by atoms with Crippen LogP contribution in [0.2, 0.25) is 0 Å². The molecular weight excluding hydrogens is 818 g/mol. The number of cyclic esters (lactones) is 1. The average molecular weight is 891 g/mol. The summed E-state index contributed by atoms with van der Waals surface area (Å²) in [7, 11) is 6.79. The molecule has 16 nitrogen and oxygen atoms in total. The molecule has 1 unspecified atom stereocenters. The first-order valence-corrected chi connectivity index (χ1v) is 21.8. The van der Waals surface area contributed by atoms with Gasteiger partial charge in [0.05, 0.1) is 42.0 Å². The number of halogens is 1. The molecular formula is C44H72ClNO15. The minimum absolute atomic E-state index is 0.0891. The number of ether oxygens (including phenoxy) is 10. The average Bonchev–Trinajstić information content (AvgIpc) is 3.18. The molecule has 3 rings (SSSR count). The van der Waals surface area contributed by atoms with Gasteiger partial charge in [-0.3, -0.25) is 24.0 Å². The standard InChI is InChI=1S/C44H72ClNO15/c1-17-32-42(10,61-33(49)22-45)19-23(2)35(50)24(3)20-43(11,52-15)38(60-41-37(56-29(8)47)31(46(13)14)18-25(4)54-41)26(5)36(27(6)40(51)58-32)59-34-21-44(12,53-16)39(28(7)55-34)57-30(9)48/h19,24-28,31-32,34,36-39,41H,17-18,20-22H2,1-16H3/b23-19+/t24-,25-,26+,27-,28+,31+,32-,34+,36+,37-,38?,39+,41+,42+,43-,44-/m1/s1. The van der Waals surface area contributed by atoms with E-state index in [0.717, 1.165) is 0 Å². The number of methoxy groups -OCH3 is 2. The summed E-state index contributed by atoms with van der Waals surface area (Å²) >= 11 is 5.89. The summed E-state index contributed by atoms with van der Waals surface area (Å²) in [5.74, 6) is -5.78. The minimum Gasteiger partial charge on any atom is -0.457 e. The van der Waals surface area contributed by atoms with Gasteiger partial charge in [0, 0.05) is 46.3 Å². The van der Waals surface area contributed by atoms with Crippen LogP contribution in [0.5, 0.6) is 0 Å². The van der Waals surface area contributed by atoms with Gasteiger partial charge in [-0.25, -0.2) is 0 Å². The second-order valence-electron chi connectivity index (χ2n) is 17.9. The van der Waals surface area contributed by atoms with E-state index in [1.807, 2.05) is 39.8 Å². The highest BCUT2D eigenvalue weighted by Gasteiger charge is 2.54. The number of esters is 4. The van der Waals surface area contributed by atoms with Crippen LogP contribution in [0.1, 0.15) is 109 Å². The van der Waals surface area contributed by atoms with Gasteiger partial charge in [0.15, 0.2) is 36.2 Å². The topological polar surface area (TPSA) is 181 Å². The lowest BCUT2D eigenvalue weighted by Gasteiger charge is -2.50. The van der Waals surface area contributed by atoms with Crippen LogP contribution in [-0.4, -0.2) is 147 Å². The molecule has 0 aromatic heterocycles. The van der Waals surface area contributed by atoms with Crippen molar-refractivity contribution >= 4 is 41.3 Å². The molecule has 61 heavy (non-hydrogen) atoms. The Morgan fingerprint density at radius 1 is 0.869 bits per heavy atom. The molecule has 2 saturated heterocycles. The molecule has 0 aromatic carbocycles. The fourth-order valence-electron chi connectivity index (χ4n) is 9.31. The Morgan fingerprint density at radius 3 is 1.98 bits per heavy atom. The molecule has 3 aliphatic heterocycles. The highest BCUT2D eigenvalue weighted by molar-refractivity contribution is 6.26. The summed E-state index contributed by atoms with van der Waals surface area (Å²) in [6.07, 6.45) is -5.52. The zero-order valence-electron chi connectivity index (χ0n) is 39.1. The van der Waals surface area contributed by atoms with Crippen LogP contribution in [0.4, 0.5) is 0 Å². The number of carbonyl (C=O) groups excluding carboxylic acids is 5. The van der Waals surface area contributed by atoms with Crippen molar-refractivity contribution in [3.8, 4) is 0 Å². The van der Waals surface area contributed by atoms with Crippen LogP contribution in [-0.2, 0) is 71.3 Å². The SMILES string of the molecule is CC[C@H]1OC(=O)[C@H](C)[C@@H](O[C@H]2C[C@@](C)(OC)[C@@H](OC(C)=O)[C@H](C)O2)[C@H](C)C(O[C@@H]2O[C@H](C)C[C@H](N(C)C)[C@H]2OC(C)=O)[C@](C)(OC)C[C@@H](C)C(=O)/C(C)=C/[C@]1(C)OC(=O)CCl. The molecule has 17 heteroatoms. The van der Waals surface area contributed by atoms with Gasteiger partial charge in [-0.1, -0.05) is 20.8 Å². The largest absolute Gasteiger partial charge is 0.457 e. The van der Waals surface area contributed by atoms with Gasteiger partial charge < -0.3 is 52.3 Å². The van der Waals surface area contributed by atoms with Crippen molar-refractivity contribution in [2.75, 3.05) is 34.2 Å². The highest BCUT2D eigenvalue weighted by atomic mass is 35.5. The van der Waals surface area contributed by atoms with E-state index in [0.29, 0.717) is 6.42 Å². The van der Waals surface area contributed by atoms with Crippen molar-refractivity contribution < 1.29 is 71.3 Å². The molecule has 350 valence electrons. The molecule has 0 saturated carbocycles. The number of rotatable bonds is 12. The van der Waals surface area contributed by atoms with Gasteiger partial charge in [-0.05, 0) is 93.5 Å². The Bertz CT molecular complexity index is 1580. The first kappa shape index (κ1) is 52.6. The van der Waals surface area contributed by atoms with Crippen molar-refractivity contribution in [3.05, 3.63) is 11.6 Å². The summed E-state index contributed by atoms with van der Waals surface area (Å²) in [5.41, 5.74) is -3.68. The molecule has 0 spiro atoms. The number of alkyl halides is 1. The zero-order chi connectivity index (χ0) is 46.4. The number of Topliss-reactive ketones (excluding diaryl/α,β-unsaturated/α-hetero) is 1. The molecule has 0 bridgehead atoms. The molecule has 0 N–H and O–H groups in total. The number of hydrogen-bond donors (Lipinski definition) is 0. The Balaban J connectivity index is 2.32. The number of hydrogen-bond acceptors (Lipinski definition) is 16. The Hall–Kier alpha value is -2.70. The van der Waals surface area contributed by atoms with E-state index >= 15 is 0 Å². The number of ketones is 1. The summed E-state index contributed by atoms with van der Waals surface area (Å²) < 4.78 is 62.8. The van der Waals surface area contributed by atoms with E-state index < -0.39 is 114 Å². The first-order valence-electron chi connectivity index (χ1n) is 21.2. The number of carbonyl (C=O) groups is 5. The summed E-state index contributed by atoms with van der Waals surface area (Å²) in [6.45, 7) is 20.1. The maximum atomic E-state index is 14.6. The van der Waals surface area contributed by atoms with Gasteiger partial charge in [-0.2, -0.15) is 0 Å². The maximum absolute atomic E-state index is 14.6. The molecule has 0 amide bonds. The van der Waals surface area contributed by atoms with Gasteiger partial charge in [0.2, 0.25) is 0 Å². The van der Waals surface area contributed by atoms with Gasteiger partial charge in [0.25, 0.3) is 0 Å². The Labute approximate surface area is 367 Å². The van der Waals surface area contributed by atoms with Crippen molar-refractivity contribution in [3.63, 3.8) is 0 Å². The van der Waals surface area contributed by atoms with Gasteiger partial charge in [0.1, 0.15) is 17.6 Å². The number of allylic oxidation sites excluding steroid dienone is 1. The summed E-state index contributed by atoms with van der Waals surface area (Å²) in [5, 5.41) is 0. The Kier molecular flexibility index (Phi) is 18.8. The van der Waals surface area contributed by atoms with Crippen LogP contribution in [0.15, 0.2) is 11.6 Å². The lowest BCUT2D eigenvalue weighted by atomic mass is 9.76. The van der Waals surface area contributed by atoms with Crippen molar-refractivity contribution in [2.24, 2.45) is 17.8 Å². The van der Waals surface area contributed by atoms with Crippen LogP contribution >= 0.6 is 11.6 Å². The lowest BCUT2D eigenvalue weighted by Crippen LogP contribution is -2.61. The fourth-order valence-corrected chi connectivity index (χ4v) is 9.36. The van der Waals surface area contributed by atoms with Crippen molar-refractivity contribution in [1.82, 2.24) is 4.90 Å². The van der Waals surface area contributed by atoms with E-state index in [-0.39, 0.29) is 42.8 Å². The van der Waals surface area contributed by atoms with E-state index in [2.05, 4.69) is 0 Å². The van der Waals surface area contributed by atoms with Gasteiger partial charge >= 0.3 is 23.9 Å². The number of nitrogens with zero attached hydrogens (tertiary/aromatic N) is 1. The quantitative estimate of drug-likeness (QED) is 0.139. The monoisotopic (exact) mass is 889 g/mol. The Morgan fingerprint density at radius 2 is 1.46 bits per heavy atom. The van der Waals surface area contributed by atoms with Crippen molar-refractivity contribution in [1.29, 1.82) is 0 Å². The maximum Gasteiger partial charge on any atom is 0.321 e. The smallest absolute Gasteiger partial charge is 0.321 e. The van der Waals surface area contributed by atoms with Gasteiger partial charge in [-0.15, -0.1) is 11.6 Å². The predicted octanol–water partition coefficient (Wildman–Crippen LogP) is 5.32. The second kappa shape index (κ2) is 21.8. The summed E-state index contributed by atoms with van der Waals surface area (Å²) in [4.78, 5) is 68.4. The van der Waals surface area contributed by atoms with E-state index in [1.165, 1.54) is 34.1 Å².